The molecule has 0 N–H and O–H groups in total. The summed E-state index contributed by atoms with van der Waals surface area (Å²) >= 11 is 15.0. The number of ether oxygens (including phenoxy) is 2. The van der Waals surface area contributed by atoms with Crippen LogP contribution in [0.4, 0.5) is 0 Å². The number of nitrogens with zero attached hydrogens (tertiary/aromatic N) is 1. The molecule has 7 nitrogen and oxygen atoms in total. The van der Waals surface area contributed by atoms with Gasteiger partial charge >= 0.3 is 5.97 Å². The lowest BCUT2D eigenvalue weighted by Gasteiger charge is -2.54. The van der Waals surface area contributed by atoms with E-state index in [1.54, 1.807) is 38.1 Å². The second kappa shape index (κ2) is 9.71. The van der Waals surface area contributed by atoms with E-state index in [-0.39, 0.29) is 0 Å². The molecule has 41 heavy (non-hydrogen) atoms. The van der Waals surface area contributed by atoms with Crippen LogP contribution in [0.2, 0.25) is 0 Å². The molecule has 4 aliphatic rings. The molecule has 0 saturated carbocycles. The molecular weight excluding hydrogens is 565 g/mol. The van der Waals surface area contributed by atoms with E-state index in [1.807, 2.05) is 48.5 Å². The predicted octanol–water partition coefficient (Wildman–Crippen LogP) is 5.04. The smallest absolute Gasteiger partial charge is 0.330 e. The van der Waals surface area contributed by atoms with Crippen molar-refractivity contribution in [1.82, 2.24) is 4.90 Å². The molecule has 7 rings (SSSR count). The highest BCUT2D eigenvalue weighted by Gasteiger charge is 2.74. The Morgan fingerprint density at radius 2 is 1.32 bits per heavy atom. The number of halogens is 2. The third-order valence-corrected chi connectivity index (χ3v) is 9.79. The number of alkyl halides is 2. The van der Waals surface area contributed by atoms with E-state index in [0.29, 0.717) is 33.6 Å². The van der Waals surface area contributed by atoms with Crippen molar-refractivity contribution < 1.29 is 28.7 Å². The highest BCUT2D eigenvalue weighted by Crippen LogP contribution is 2.69. The molecule has 3 aliphatic carbocycles. The minimum absolute atomic E-state index is 0.304. The third-order valence-electron chi connectivity index (χ3n) is 8.51. The van der Waals surface area contributed by atoms with Crippen molar-refractivity contribution in [1.29, 1.82) is 0 Å². The SMILES string of the molecule is COc1cccc(C(=O)COC(=O)[C@H](C(C)C)N2C(=O)[C@H]3[C@H](C2=O)C2(Cl)c4ccccc4C3(Cl)c3ccccc32)c1. The first kappa shape index (κ1) is 27.5. The van der Waals surface area contributed by atoms with Crippen molar-refractivity contribution in [2.75, 3.05) is 13.7 Å². The zero-order valence-corrected chi connectivity index (χ0v) is 24.1. The molecule has 3 aromatic carbocycles. The topological polar surface area (TPSA) is 90.0 Å². The number of rotatable bonds is 7. The van der Waals surface area contributed by atoms with Crippen molar-refractivity contribution in [3.8, 4) is 5.75 Å². The molecule has 1 heterocycles. The standard InChI is InChI=1S/C32H27Cl2NO6/c1-17(2)27(30(39)41-16-24(36)18-9-8-10-19(15-18)40-3)35-28(37)25-26(29(35)38)32(34)21-12-5-4-11-20(21)31(25,33)22-13-6-7-14-23(22)32/h4-15,17,25-27H,16H2,1-3H3/t25-,26-,27+,31?,32?/m1/s1. The average molecular weight is 592 g/mol. The van der Waals surface area contributed by atoms with Crippen molar-refractivity contribution in [2.24, 2.45) is 17.8 Å². The summed E-state index contributed by atoms with van der Waals surface area (Å²) in [5, 5.41) is 0. The lowest BCUT2D eigenvalue weighted by molar-refractivity contribution is -0.160. The number of Topliss-reactive ketones (excluding diaryl/α,β-unsaturated/α-hetero) is 1. The number of esters is 1. The number of ketones is 1. The number of methoxy groups -OCH3 is 1. The molecule has 2 amide bonds. The number of hydrogen-bond donors (Lipinski definition) is 0. The van der Waals surface area contributed by atoms with Gasteiger partial charge in [0, 0.05) is 5.56 Å². The Morgan fingerprint density at radius 1 is 0.829 bits per heavy atom. The van der Waals surface area contributed by atoms with Crippen LogP contribution in [0.1, 0.15) is 46.5 Å². The number of benzene rings is 3. The van der Waals surface area contributed by atoms with Gasteiger partial charge < -0.3 is 9.47 Å². The van der Waals surface area contributed by atoms with Gasteiger partial charge in [-0.15, -0.1) is 23.2 Å². The zero-order valence-electron chi connectivity index (χ0n) is 22.6. The number of imide groups is 1. The minimum atomic E-state index is -1.36. The van der Waals surface area contributed by atoms with Crippen molar-refractivity contribution in [2.45, 2.75) is 29.6 Å². The Hall–Kier alpha value is -3.68. The first-order chi connectivity index (χ1) is 19.6. The van der Waals surface area contributed by atoms with Gasteiger partial charge in [0.25, 0.3) is 0 Å². The van der Waals surface area contributed by atoms with Crippen LogP contribution < -0.4 is 4.74 Å². The van der Waals surface area contributed by atoms with Gasteiger partial charge in [0.15, 0.2) is 12.4 Å². The van der Waals surface area contributed by atoms with E-state index in [9.17, 15) is 19.2 Å². The Balaban J connectivity index is 1.36. The molecule has 0 radical (unpaired) electrons. The van der Waals surface area contributed by atoms with E-state index in [2.05, 4.69) is 0 Å². The molecule has 1 aliphatic heterocycles. The lowest BCUT2D eigenvalue weighted by atomic mass is 9.54. The Kier molecular flexibility index (Phi) is 6.51. The Morgan fingerprint density at radius 3 is 1.76 bits per heavy atom. The highest BCUT2D eigenvalue weighted by atomic mass is 35.5. The molecule has 3 atom stereocenters. The highest BCUT2D eigenvalue weighted by molar-refractivity contribution is 6.36. The first-order valence-corrected chi connectivity index (χ1v) is 14.1. The molecule has 1 fully saturated rings. The van der Waals surface area contributed by atoms with E-state index in [0.717, 1.165) is 4.90 Å². The van der Waals surface area contributed by atoms with Gasteiger partial charge in [-0.05, 0) is 40.3 Å². The molecule has 1 saturated heterocycles. The zero-order chi connectivity index (χ0) is 29.3. The second-order valence-corrected chi connectivity index (χ2v) is 12.2. The van der Waals surface area contributed by atoms with Gasteiger partial charge in [-0.3, -0.25) is 19.3 Å². The van der Waals surface area contributed by atoms with Gasteiger partial charge in [-0.1, -0.05) is 74.5 Å². The summed E-state index contributed by atoms with van der Waals surface area (Å²) in [7, 11) is 1.48. The Labute approximate surface area is 247 Å². The maximum absolute atomic E-state index is 14.3. The molecule has 3 aromatic rings. The summed E-state index contributed by atoms with van der Waals surface area (Å²) in [5.41, 5.74) is 3.00. The number of likely N-dealkylation sites (tertiary alicyclic amines) is 1. The van der Waals surface area contributed by atoms with Gasteiger partial charge in [0.1, 0.15) is 21.5 Å². The van der Waals surface area contributed by atoms with Gasteiger partial charge in [0.05, 0.1) is 18.9 Å². The number of hydrogen-bond acceptors (Lipinski definition) is 6. The number of carbonyl (C=O) groups is 4. The first-order valence-electron chi connectivity index (χ1n) is 13.3. The van der Waals surface area contributed by atoms with Crippen LogP contribution in [0.5, 0.6) is 5.75 Å². The Bertz CT molecular complexity index is 1500. The van der Waals surface area contributed by atoms with Crippen molar-refractivity contribution in [3.63, 3.8) is 0 Å². The minimum Gasteiger partial charge on any atom is -0.497 e. The molecule has 9 heteroatoms. The fraction of sp³-hybridized carbons (Fsp3) is 0.312. The van der Waals surface area contributed by atoms with E-state index < -0.39 is 63.7 Å². The van der Waals surface area contributed by atoms with Crippen molar-refractivity contribution >= 4 is 46.8 Å². The van der Waals surface area contributed by atoms with Crippen LogP contribution in [0.3, 0.4) is 0 Å². The normalized spacial score (nSPS) is 26.3. The fourth-order valence-electron chi connectivity index (χ4n) is 6.74. The monoisotopic (exact) mass is 591 g/mol. The van der Waals surface area contributed by atoms with Gasteiger partial charge in [-0.25, -0.2) is 4.79 Å². The van der Waals surface area contributed by atoms with Crippen LogP contribution in [0, 0.1) is 17.8 Å². The largest absolute Gasteiger partial charge is 0.497 e. The molecule has 210 valence electrons. The van der Waals surface area contributed by atoms with Crippen LogP contribution in [-0.2, 0) is 28.9 Å². The summed E-state index contributed by atoms with van der Waals surface area (Å²) in [4.78, 5) is 53.1. The van der Waals surface area contributed by atoms with E-state index >= 15 is 0 Å². The maximum atomic E-state index is 14.3. The molecule has 0 unspecified atom stereocenters. The lowest BCUT2D eigenvalue weighted by Crippen LogP contribution is -2.57. The van der Waals surface area contributed by atoms with Crippen LogP contribution in [0.25, 0.3) is 0 Å². The summed E-state index contributed by atoms with van der Waals surface area (Å²) in [5.74, 6) is -4.57. The summed E-state index contributed by atoms with van der Waals surface area (Å²) in [6, 6.07) is 19.9. The van der Waals surface area contributed by atoms with Crippen LogP contribution in [0.15, 0.2) is 72.8 Å². The van der Waals surface area contributed by atoms with Gasteiger partial charge in [-0.2, -0.15) is 0 Å². The summed E-state index contributed by atoms with van der Waals surface area (Å²) in [6.07, 6.45) is 0. The predicted molar refractivity (Wildman–Crippen MR) is 152 cm³/mol. The molecule has 2 bridgehead atoms. The third kappa shape index (κ3) is 3.71. The van der Waals surface area contributed by atoms with E-state index in [4.69, 9.17) is 32.7 Å². The van der Waals surface area contributed by atoms with E-state index in [1.165, 1.54) is 7.11 Å². The maximum Gasteiger partial charge on any atom is 0.330 e. The fourth-order valence-corrected chi connectivity index (χ4v) is 7.84. The summed E-state index contributed by atoms with van der Waals surface area (Å²) < 4.78 is 10.6. The van der Waals surface area contributed by atoms with Crippen LogP contribution in [-0.4, -0.2) is 48.2 Å². The summed E-state index contributed by atoms with van der Waals surface area (Å²) in [6.45, 7) is 2.86. The molecule has 0 spiro atoms. The molecular formula is C32H27Cl2NO6. The molecule has 0 aromatic heterocycles. The quantitative estimate of drug-likeness (QED) is 0.165. The number of carbonyl (C=O) groups excluding carboxylic acids is 4. The van der Waals surface area contributed by atoms with Gasteiger partial charge in [0.2, 0.25) is 11.8 Å². The van der Waals surface area contributed by atoms with Crippen LogP contribution >= 0.6 is 23.2 Å². The average Bonchev–Trinajstić information content (AvgIpc) is 3.25. The number of amides is 2. The second-order valence-electron chi connectivity index (χ2n) is 11.0. The van der Waals surface area contributed by atoms with Crippen molar-refractivity contribution in [3.05, 3.63) is 101 Å².